The summed E-state index contributed by atoms with van der Waals surface area (Å²) in [5, 5.41) is 22.1. The van der Waals surface area contributed by atoms with E-state index in [0.29, 0.717) is 17.3 Å². The molecule has 2 heterocycles. The van der Waals surface area contributed by atoms with Crippen LogP contribution in [0.25, 0.3) is 0 Å². The molecule has 1 aliphatic carbocycles. The van der Waals surface area contributed by atoms with Gasteiger partial charge in [-0.1, -0.05) is 29.7 Å². The normalized spacial score (nSPS) is 21.1. The lowest BCUT2D eigenvalue weighted by Gasteiger charge is -2.32. The van der Waals surface area contributed by atoms with Crippen molar-refractivity contribution in [3.63, 3.8) is 0 Å². The second kappa shape index (κ2) is 8.49. The minimum Gasteiger partial charge on any atom is -0.508 e. The molecule has 0 spiro atoms. The maximum Gasteiger partial charge on any atom is 0.273 e. The number of halogens is 1. The molecule has 0 radical (unpaired) electrons. The molecule has 7 nitrogen and oxygen atoms in total. The summed E-state index contributed by atoms with van der Waals surface area (Å²) in [6, 6.07) is 5.56. The fourth-order valence-electron chi connectivity index (χ4n) is 4.20. The van der Waals surface area contributed by atoms with Crippen LogP contribution < -0.4 is 5.32 Å². The molecule has 2 aliphatic rings. The van der Waals surface area contributed by atoms with Gasteiger partial charge in [-0.3, -0.25) is 9.69 Å². The molecule has 1 saturated heterocycles. The number of aromatic hydroxyl groups is 1. The number of hydrogen-bond acceptors (Lipinski definition) is 5. The molecule has 28 heavy (non-hydrogen) atoms. The Labute approximate surface area is 169 Å². The minimum atomic E-state index is -0.130. The van der Waals surface area contributed by atoms with Crippen LogP contribution in [0.5, 0.6) is 5.75 Å². The average molecular weight is 404 g/mol. The molecule has 150 valence electrons. The molecule has 2 N–H and O–H groups in total. The quantitative estimate of drug-likeness (QED) is 0.801. The summed E-state index contributed by atoms with van der Waals surface area (Å²) in [6.45, 7) is 2.37. The topological polar surface area (TPSA) is 83.3 Å². The predicted octanol–water partition coefficient (Wildman–Crippen LogP) is 3.15. The number of benzene rings is 1. The smallest absolute Gasteiger partial charge is 0.273 e. The summed E-state index contributed by atoms with van der Waals surface area (Å²) >= 11 is 6.06. The van der Waals surface area contributed by atoms with Crippen molar-refractivity contribution in [2.24, 2.45) is 0 Å². The first kappa shape index (κ1) is 19.2. The number of piperidine rings is 1. The van der Waals surface area contributed by atoms with Gasteiger partial charge < -0.3 is 10.4 Å². The van der Waals surface area contributed by atoms with Crippen molar-refractivity contribution in [2.45, 2.75) is 57.2 Å². The zero-order valence-corrected chi connectivity index (χ0v) is 16.6. The largest absolute Gasteiger partial charge is 0.508 e. The third kappa shape index (κ3) is 4.47. The van der Waals surface area contributed by atoms with Crippen LogP contribution in [0.3, 0.4) is 0 Å². The van der Waals surface area contributed by atoms with E-state index in [1.54, 1.807) is 24.4 Å². The van der Waals surface area contributed by atoms with Gasteiger partial charge in [0.15, 0.2) is 5.69 Å². The Morgan fingerprint density at radius 1 is 1.25 bits per heavy atom. The number of phenolic OH excluding ortho intramolecular Hbond substituents is 1. The third-order valence-corrected chi connectivity index (χ3v) is 5.96. The van der Waals surface area contributed by atoms with Crippen LogP contribution in [0.1, 0.15) is 60.6 Å². The van der Waals surface area contributed by atoms with Gasteiger partial charge in [0.25, 0.3) is 5.91 Å². The number of carbonyl (C=O) groups is 1. The van der Waals surface area contributed by atoms with Gasteiger partial charge in [0.1, 0.15) is 5.75 Å². The maximum atomic E-state index is 12.4. The van der Waals surface area contributed by atoms with E-state index in [0.717, 1.165) is 44.3 Å². The summed E-state index contributed by atoms with van der Waals surface area (Å²) in [5.74, 6) is 0.132. The van der Waals surface area contributed by atoms with E-state index in [1.165, 1.54) is 12.8 Å². The van der Waals surface area contributed by atoms with E-state index >= 15 is 0 Å². The number of hydrogen-bond donors (Lipinski definition) is 2. The van der Waals surface area contributed by atoms with Crippen LogP contribution >= 0.6 is 11.6 Å². The lowest BCUT2D eigenvalue weighted by atomic mass is 10.0. The van der Waals surface area contributed by atoms with Crippen LogP contribution in [-0.2, 0) is 6.54 Å². The fraction of sp³-hybridized carbons (Fsp3) is 0.550. The Morgan fingerprint density at radius 3 is 2.89 bits per heavy atom. The number of carbonyl (C=O) groups excluding carboxylic acids is 1. The predicted molar refractivity (Wildman–Crippen MR) is 106 cm³/mol. The molecule has 1 amide bonds. The van der Waals surface area contributed by atoms with Crippen molar-refractivity contribution in [3.8, 4) is 5.75 Å². The van der Waals surface area contributed by atoms with Crippen molar-refractivity contribution < 1.29 is 9.90 Å². The zero-order chi connectivity index (χ0) is 19.5. The van der Waals surface area contributed by atoms with E-state index in [-0.39, 0.29) is 23.7 Å². The Kier molecular flexibility index (Phi) is 5.82. The molecule has 1 aliphatic heterocycles. The standard InChI is InChI=1S/C20H26ClN5O2/c21-15-7-8-19(27)14(10-15)11-25-9-3-6-17(12-25)26-13-18(23-24-26)20(28)22-16-4-1-2-5-16/h7-8,10,13,16-17,27H,1-6,9,11-12H2,(H,22,28)/t17-/m0/s1. The van der Waals surface area contributed by atoms with Crippen molar-refractivity contribution in [2.75, 3.05) is 13.1 Å². The summed E-state index contributed by atoms with van der Waals surface area (Å²) in [5.41, 5.74) is 1.21. The number of likely N-dealkylation sites (tertiary alicyclic amines) is 1. The molecule has 1 saturated carbocycles. The van der Waals surface area contributed by atoms with Gasteiger partial charge >= 0.3 is 0 Å². The van der Waals surface area contributed by atoms with E-state index in [2.05, 4.69) is 20.5 Å². The van der Waals surface area contributed by atoms with Gasteiger partial charge in [0.05, 0.1) is 12.2 Å². The van der Waals surface area contributed by atoms with E-state index in [1.807, 2.05) is 4.68 Å². The Hall–Kier alpha value is -2.12. The summed E-state index contributed by atoms with van der Waals surface area (Å²) in [6.07, 6.45) is 8.23. The van der Waals surface area contributed by atoms with Crippen molar-refractivity contribution in [3.05, 3.63) is 40.7 Å². The highest BCUT2D eigenvalue weighted by Gasteiger charge is 2.25. The van der Waals surface area contributed by atoms with Crippen LogP contribution in [0.4, 0.5) is 0 Å². The highest BCUT2D eigenvalue weighted by molar-refractivity contribution is 6.30. The molecule has 1 aromatic heterocycles. The number of aromatic nitrogens is 3. The van der Waals surface area contributed by atoms with Crippen molar-refractivity contribution in [1.82, 2.24) is 25.2 Å². The van der Waals surface area contributed by atoms with E-state index in [9.17, 15) is 9.90 Å². The van der Waals surface area contributed by atoms with Crippen LogP contribution in [0, 0.1) is 0 Å². The third-order valence-electron chi connectivity index (χ3n) is 5.72. The first-order valence-corrected chi connectivity index (χ1v) is 10.4. The summed E-state index contributed by atoms with van der Waals surface area (Å²) in [4.78, 5) is 14.7. The molecule has 2 aromatic rings. The van der Waals surface area contributed by atoms with E-state index in [4.69, 9.17) is 11.6 Å². The zero-order valence-electron chi connectivity index (χ0n) is 15.9. The van der Waals surface area contributed by atoms with Crippen molar-refractivity contribution in [1.29, 1.82) is 0 Å². The molecule has 1 atom stereocenters. The molecular weight excluding hydrogens is 378 g/mol. The number of nitrogens with zero attached hydrogens (tertiary/aromatic N) is 4. The second-order valence-electron chi connectivity index (χ2n) is 7.84. The first-order chi connectivity index (χ1) is 13.6. The number of phenols is 1. The molecule has 1 aromatic carbocycles. The van der Waals surface area contributed by atoms with Gasteiger partial charge in [0, 0.05) is 29.7 Å². The molecule has 8 heteroatoms. The monoisotopic (exact) mass is 403 g/mol. The van der Waals surface area contributed by atoms with Crippen LogP contribution in [0.15, 0.2) is 24.4 Å². The van der Waals surface area contributed by atoms with E-state index < -0.39 is 0 Å². The van der Waals surface area contributed by atoms with Gasteiger partial charge in [0.2, 0.25) is 0 Å². The summed E-state index contributed by atoms with van der Waals surface area (Å²) in [7, 11) is 0. The SMILES string of the molecule is O=C(NC1CCCC1)c1cn([C@H]2CCCN(Cc3cc(Cl)ccc3O)C2)nn1. The lowest BCUT2D eigenvalue weighted by Crippen LogP contribution is -2.36. The number of nitrogens with one attached hydrogen (secondary N) is 1. The Bertz CT molecular complexity index is 834. The minimum absolute atomic E-state index is 0.130. The fourth-order valence-corrected chi connectivity index (χ4v) is 4.40. The Balaban J connectivity index is 1.38. The van der Waals surface area contributed by atoms with Crippen molar-refractivity contribution >= 4 is 17.5 Å². The number of amides is 1. The highest BCUT2D eigenvalue weighted by atomic mass is 35.5. The molecular formula is C20H26ClN5O2. The molecule has 0 unspecified atom stereocenters. The maximum absolute atomic E-state index is 12.4. The molecule has 0 bridgehead atoms. The molecule has 2 fully saturated rings. The second-order valence-corrected chi connectivity index (χ2v) is 8.28. The van der Waals surface area contributed by atoms with Gasteiger partial charge in [-0.15, -0.1) is 5.10 Å². The van der Waals surface area contributed by atoms with Gasteiger partial charge in [-0.2, -0.15) is 0 Å². The summed E-state index contributed by atoms with van der Waals surface area (Å²) < 4.78 is 1.81. The number of rotatable bonds is 5. The molecule has 4 rings (SSSR count). The van der Waals surface area contributed by atoms with Crippen LogP contribution in [0.2, 0.25) is 5.02 Å². The van der Waals surface area contributed by atoms with Gasteiger partial charge in [-0.05, 0) is 50.4 Å². The highest BCUT2D eigenvalue weighted by Crippen LogP contribution is 2.27. The van der Waals surface area contributed by atoms with Gasteiger partial charge in [-0.25, -0.2) is 4.68 Å². The Morgan fingerprint density at radius 2 is 2.07 bits per heavy atom. The lowest BCUT2D eigenvalue weighted by molar-refractivity contribution is 0.0932. The first-order valence-electron chi connectivity index (χ1n) is 10.0. The average Bonchev–Trinajstić information content (AvgIpc) is 3.37. The van der Waals surface area contributed by atoms with Crippen LogP contribution in [-0.4, -0.2) is 50.0 Å².